The van der Waals surface area contributed by atoms with Crippen molar-refractivity contribution in [2.75, 3.05) is 14.2 Å². The van der Waals surface area contributed by atoms with Gasteiger partial charge in [-0.25, -0.2) is 0 Å². The van der Waals surface area contributed by atoms with E-state index in [1.165, 1.54) is 11.8 Å². The van der Waals surface area contributed by atoms with Gasteiger partial charge in [-0.1, -0.05) is 40.7 Å². The van der Waals surface area contributed by atoms with Gasteiger partial charge >= 0.3 is 0 Å². The number of methoxy groups -OCH3 is 2. The largest absolute Gasteiger partial charge is 0.497 e. The zero-order valence-corrected chi connectivity index (χ0v) is 17.8. The van der Waals surface area contributed by atoms with Crippen molar-refractivity contribution in [2.45, 2.75) is 10.8 Å². The van der Waals surface area contributed by atoms with Crippen molar-refractivity contribution in [3.8, 4) is 34.1 Å². The second kappa shape index (κ2) is 9.15. The Hall–Kier alpha value is -3.10. The smallest absolute Gasteiger partial charge is 0.237 e. The molecule has 152 valence electrons. The average Bonchev–Trinajstić information content (AvgIpc) is 3.26. The number of nitrogens with zero attached hydrogens (tertiary/aromatic N) is 4. The Morgan fingerprint density at radius 1 is 1.00 bits per heavy atom. The molecule has 0 bridgehead atoms. The molecular weight excluding hydrogens is 424 g/mol. The second-order valence-corrected chi connectivity index (χ2v) is 7.57. The number of rotatable bonds is 7. The molecule has 4 aromatic rings. The summed E-state index contributed by atoms with van der Waals surface area (Å²) >= 11 is 7.49. The quantitative estimate of drug-likeness (QED) is 0.364. The lowest BCUT2D eigenvalue weighted by Gasteiger charge is -2.07. The van der Waals surface area contributed by atoms with Crippen LogP contribution in [0.25, 0.3) is 22.6 Å². The van der Waals surface area contributed by atoms with Crippen LogP contribution in [-0.4, -0.2) is 34.6 Å². The standard InChI is InChI=1S/C21H17ClN4O3S/c1-27-15-6-7-16(18(11-15)28-2)21-23-19(29-26-21)12-30-20-9-8-17(24-25-20)13-4-3-5-14(22)10-13/h3-11H,12H2,1-2H3. The Morgan fingerprint density at radius 2 is 1.90 bits per heavy atom. The number of aromatic nitrogens is 4. The number of benzene rings is 2. The number of hydrogen-bond donors (Lipinski definition) is 0. The molecule has 0 fully saturated rings. The summed E-state index contributed by atoms with van der Waals surface area (Å²) in [7, 11) is 3.18. The van der Waals surface area contributed by atoms with Gasteiger partial charge in [0.25, 0.3) is 0 Å². The van der Waals surface area contributed by atoms with Crippen LogP contribution in [0.15, 0.2) is 64.1 Å². The van der Waals surface area contributed by atoms with Crippen LogP contribution >= 0.6 is 23.4 Å². The molecule has 0 aliphatic heterocycles. The molecule has 30 heavy (non-hydrogen) atoms. The fraction of sp³-hybridized carbons (Fsp3) is 0.143. The predicted molar refractivity (Wildman–Crippen MR) is 115 cm³/mol. The maximum atomic E-state index is 6.03. The lowest BCUT2D eigenvalue weighted by Crippen LogP contribution is -1.92. The molecule has 0 spiro atoms. The molecule has 0 saturated carbocycles. The molecule has 0 saturated heterocycles. The zero-order chi connectivity index (χ0) is 20.9. The summed E-state index contributed by atoms with van der Waals surface area (Å²) in [6, 6.07) is 16.7. The van der Waals surface area contributed by atoms with E-state index in [9.17, 15) is 0 Å². The van der Waals surface area contributed by atoms with Crippen LogP contribution < -0.4 is 9.47 Å². The maximum Gasteiger partial charge on any atom is 0.237 e. The van der Waals surface area contributed by atoms with Gasteiger partial charge in [-0.2, -0.15) is 4.98 Å². The molecular formula is C21H17ClN4O3S. The Morgan fingerprint density at radius 3 is 2.63 bits per heavy atom. The third-order valence-corrected chi connectivity index (χ3v) is 5.36. The molecule has 7 nitrogen and oxygen atoms in total. The van der Waals surface area contributed by atoms with Crippen LogP contribution in [0.4, 0.5) is 0 Å². The summed E-state index contributed by atoms with van der Waals surface area (Å²) in [5.74, 6) is 2.70. The van der Waals surface area contributed by atoms with Crippen LogP contribution in [0.1, 0.15) is 5.89 Å². The van der Waals surface area contributed by atoms with Crippen LogP contribution in [0.5, 0.6) is 11.5 Å². The third kappa shape index (κ3) is 4.55. The summed E-state index contributed by atoms with van der Waals surface area (Å²) in [5.41, 5.74) is 2.40. The van der Waals surface area contributed by atoms with E-state index in [1.807, 2.05) is 48.5 Å². The average molecular weight is 441 g/mol. The Bertz CT molecular complexity index is 1150. The fourth-order valence-corrected chi connectivity index (χ4v) is 3.58. The van der Waals surface area contributed by atoms with E-state index in [0.29, 0.717) is 34.0 Å². The van der Waals surface area contributed by atoms with Gasteiger partial charge in [0, 0.05) is 16.7 Å². The van der Waals surface area contributed by atoms with Crippen molar-refractivity contribution >= 4 is 23.4 Å². The first kappa shape index (κ1) is 20.2. The topological polar surface area (TPSA) is 83.2 Å². The number of thioether (sulfide) groups is 1. The predicted octanol–water partition coefficient (Wildman–Crippen LogP) is 5.16. The minimum absolute atomic E-state index is 0.451. The molecule has 0 atom stereocenters. The summed E-state index contributed by atoms with van der Waals surface area (Å²) < 4.78 is 16.0. The monoisotopic (exact) mass is 440 g/mol. The summed E-state index contributed by atoms with van der Waals surface area (Å²) in [6.45, 7) is 0. The van der Waals surface area contributed by atoms with Crippen molar-refractivity contribution < 1.29 is 14.0 Å². The van der Waals surface area contributed by atoms with Crippen LogP contribution in [0.2, 0.25) is 5.02 Å². The molecule has 0 aliphatic rings. The van der Waals surface area contributed by atoms with E-state index in [1.54, 1.807) is 20.3 Å². The molecule has 2 aromatic carbocycles. The molecule has 2 aromatic heterocycles. The van der Waals surface area contributed by atoms with Crippen molar-refractivity contribution in [3.05, 3.63) is 65.5 Å². The molecule has 4 rings (SSSR count). The molecule has 0 amide bonds. The highest BCUT2D eigenvalue weighted by Crippen LogP contribution is 2.32. The van der Waals surface area contributed by atoms with E-state index in [2.05, 4.69) is 20.3 Å². The zero-order valence-electron chi connectivity index (χ0n) is 16.2. The number of halogens is 1. The highest BCUT2D eigenvalue weighted by Gasteiger charge is 2.15. The van der Waals surface area contributed by atoms with Gasteiger partial charge in [0.05, 0.1) is 31.2 Å². The van der Waals surface area contributed by atoms with Gasteiger partial charge < -0.3 is 14.0 Å². The summed E-state index contributed by atoms with van der Waals surface area (Å²) in [6.07, 6.45) is 0. The minimum atomic E-state index is 0.451. The lowest BCUT2D eigenvalue weighted by molar-refractivity contribution is 0.388. The first-order valence-corrected chi connectivity index (χ1v) is 10.3. The first-order valence-electron chi connectivity index (χ1n) is 8.93. The Labute approximate surface area is 182 Å². The SMILES string of the molecule is COc1ccc(-c2noc(CSc3ccc(-c4cccc(Cl)c4)nn3)n2)c(OC)c1. The fourth-order valence-electron chi connectivity index (χ4n) is 2.74. The molecule has 9 heteroatoms. The van der Waals surface area contributed by atoms with Crippen LogP contribution in [0.3, 0.4) is 0 Å². The van der Waals surface area contributed by atoms with Gasteiger partial charge in [0.15, 0.2) is 0 Å². The van der Waals surface area contributed by atoms with Crippen LogP contribution in [0, 0.1) is 0 Å². The van der Waals surface area contributed by atoms with E-state index >= 15 is 0 Å². The van der Waals surface area contributed by atoms with E-state index < -0.39 is 0 Å². The van der Waals surface area contributed by atoms with Gasteiger partial charge in [-0.05, 0) is 36.4 Å². The molecule has 0 aliphatic carbocycles. The van der Waals surface area contributed by atoms with Gasteiger partial charge in [0.1, 0.15) is 16.5 Å². The number of hydrogen-bond acceptors (Lipinski definition) is 8. The normalized spacial score (nSPS) is 10.8. The van der Waals surface area contributed by atoms with Crippen LogP contribution in [-0.2, 0) is 5.75 Å². The third-order valence-electron chi connectivity index (χ3n) is 4.22. The van der Waals surface area contributed by atoms with E-state index in [-0.39, 0.29) is 0 Å². The highest BCUT2D eigenvalue weighted by molar-refractivity contribution is 7.98. The van der Waals surface area contributed by atoms with E-state index in [0.717, 1.165) is 21.8 Å². The highest BCUT2D eigenvalue weighted by atomic mass is 35.5. The van der Waals surface area contributed by atoms with Crippen molar-refractivity contribution in [3.63, 3.8) is 0 Å². The van der Waals surface area contributed by atoms with Gasteiger partial charge in [-0.15, -0.1) is 10.2 Å². The van der Waals surface area contributed by atoms with Crippen molar-refractivity contribution in [1.82, 2.24) is 20.3 Å². The summed E-state index contributed by atoms with van der Waals surface area (Å²) in [4.78, 5) is 4.45. The Balaban J connectivity index is 1.44. The van der Waals surface area contributed by atoms with Gasteiger partial charge in [0.2, 0.25) is 11.7 Å². The maximum absolute atomic E-state index is 6.03. The lowest BCUT2D eigenvalue weighted by atomic mass is 10.1. The molecule has 0 N–H and O–H groups in total. The number of ether oxygens (including phenoxy) is 2. The van der Waals surface area contributed by atoms with Crippen molar-refractivity contribution in [2.24, 2.45) is 0 Å². The van der Waals surface area contributed by atoms with E-state index in [4.69, 9.17) is 25.6 Å². The molecule has 0 unspecified atom stereocenters. The molecule has 0 radical (unpaired) electrons. The summed E-state index contributed by atoms with van der Waals surface area (Å²) in [5, 5.41) is 14.0. The van der Waals surface area contributed by atoms with Gasteiger partial charge in [-0.3, -0.25) is 0 Å². The van der Waals surface area contributed by atoms with Crippen molar-refractivity contribution in [1.29, 1.82) is 0 Å². The first-order chi connectivity index (χ1) is 14.7. The minimum Gasteiger partial charge on any atom is -0.497 e. The Kier molecular flexibility index (Phi) is 6.15. The second-order valence-electron chi connectivity index (χ2n) is 6.13. The molecule has 2 heterocycles.